The van der Waals surface area contributed by atoms with E-state index in [-0.39, 0.29) is 6.04 Å². The second-order valence-corrected chi connectivity index (χ2v) is 3.13. The lowest BCUT2D eigenvalue weighted by Crippen LogP contribution is -2.14. The van der Waals surface area contributed by atoms with Crippen molar-refractivity contribution in [3.63, 3.8) is 0 Å². The molecule has 1 aromatic heterocycles. The standard InChI is InChI=1S/C12H17NO/c1-4-6-7-11(13-3)12-9-8-10(5-2)14-12/h8-9,11,13H,5,7H2,1-3H3. The van der Waals surface area contributed by atoms with Crippen molar-refractivity contribution in [2.45, 2.75) is 32.7 Å². The summed E-state index contributed by atoms with van der Waals surface area (Å²) in [5, 5.41) is 3.19. The lowest BCUT2D eigenvalue weighted by molar-refractivity contribution is 0.412. The van der Waals surface area contributed by atoms with Gasteiger partial charge in [-0.2, -0.15) is 0 Å². The molecule has 1 atom stereocenters. The molecule has 0 saturated heterocycles. The smallest absolute Gasteiger partial charge is 0.122 e. The maximum absolute atomic E-state index is 5.65. The Hall–Kier alpha value is -1.20. The van der Waals surface area contributed by atoms with Crippen LogP contribution >= 0.6 is 0 Å². The summed E-state index contributed by atoms with van der Waals surface area (Å²) < 4.78 is 5.65. The SMILES string of the molecule is CC#CCC(NC)c1ccc(CC)o1. The molecule has 76 valence electrons. The van der Waals surface area contributed by atoms with Crippen LogP contribution in [0.1, 0.15) is 37.8 Å². The van der Waals surface area contributed by atoms with Gasteiger partial charge >= 0.3 is 0 Å². The quantitative estimate of drug-likeness (QED) is 0.740. The highest BCUT2D eigenvalue weighted by atomic mass is 16.3. The molecule has 0 aliphatic rings. The molecule has 0 amide bonds. The molecule has 0 radical (unpaired) electrons. The number of furan rings is 1. The first-order chi connectivity index (χ1) is 6.81. The van der Waals surface area contributed by atoms with Crippen molar-refractivity contribution in [1.82, 2.24) is 5.32 Å². The van der Waals surface area contributed by atoms with Crippen molar-refractivity contribution in [3.05, 3.63) is 23.7 Å². The van der Waals surface area contributed by atoms with Gasteiger partial charge in [-0.3, -0.25) is 0 Å². The summed E-state index contributed by atoms with van der Waals surface area (Å²) in [7, 11) is 1.93. The van der Waals surface area contributed by atoms with Crippen LogP contribution in [-0.4, -0.2) is 7.05 Å². The first-order valence-corrected chi connectivity index (χ1v) is 4.97. The Balaban J connectivity index is 2.71. The second kappa shape index (κ2) is 5.51. The van der Waals surface area contributed by atoms with E-state index >= 15 is 0 Å². The minimum Gasteiger partial charge on any atom is -0.464 e. The van der Waals surface area contributed by atoms with E-state index in [0.717, 1.165) is 24.4 Å². The Morgan fingerprint density at radius 1 is 1.50 bits per heavy atom. The molecule has 0 aromatic carbocycles. The molecule has 1 aromatic rings. The van der Waals surface area contributed by atoms with Crippen molar-refractivity contribution in [2.24, 2.45) is 0 Å². The van der Waals surface area contributed by atoms with Crippen LogP contribution < -0.4 is 5.32 Å². The van der Waals surface area contributed by atoms with E-state index in [1.165, 1.54) is 0 Å². The molecule has 0 bridgehead atoms. The molecular formula is C12H17NO. The predicted molar refractivity (Wildman–Crippen MR) is 58.0 cm³/mol. The fourth-order valence-corrected chi connectivity index (χ4v) is 1.32. The number of aryl methyl sites for hydroxylation is 1. The van der Waals surface area contributed by atoms with Gasteiger partial charge in [0.15, 0.2) is 0 Å². The zero-order valence-corrected chi connectivity index (χ0v) is 9.05. The minimum atomic E-state index is 0.211. The van der Waals surface area contributed by atoms with Crippen LogP contribution in [0.5, 0.6) is 0 Å². The minimum absolute atomic E-state index is 0.211. The number of hydrogen-bond acceptors (Lipinski definition) is 2. The monoisotopic (exact) mass is 191 g/mol. The van der Waals surface area contributed by atoms with Crippen LogP contribution in [0.25, 0.3) is 0 Å². The van der Waals surface area contributed by atoms with Gasteiger partial charge in [-0.15, -0.1) is 11.8 Å². The number of hydrogen-bond donors (Lipinski definition) is 1. The van der Waals surface area contributed by atoms with E-state index in [2.05, 4.69) is 24.1 Å². The predicted octanol–water partition coefficient (Wildman–Crippen LogP) is 2.52. The maximum atomic E-state index is 5.65. The largest absolute Gasteiger partial charge is 0.464 e. The van der Waals surface area contributed by atoms with Gasteiger partial charge in [0.05, 0.1) is 6.04 Å². The Morgan fingerprint density at radius 3 is 2.79 bits per heavy atom. The molecular weight excluding hydrogens is 174 g/mol. The van der Waals surface area contributed by atoms with E-state index in [9.17, 15) is 0 Å². The fourth-order valence-electron chi connectivity index (χ4n) is 1.32. The molecule has 0 fully saturated rings. The van der Waals surface area contributed by atoms with E-state index in [1.807, 2.05) is 26.1 Å². The molecule has 0 aliphatic heterocycles. The van der Waals surface area contributed by atoms with Gasteiger partial charge in [0.25, 0.3) is 0 Å². The lowest BCUT2D eigenvalue weighted by atomic mass is 10.1. The molecule has 1 rings (SSSR count). The molecule has 2 nitrogen and oxygen atoms in total. The van der Waals surface area contributed by atoms with E-state index in [4.69, 9.17) is 4.42 Å². The highest BCUT2D eigenvalue weighted by Gasteiger charge is 2.11. The summed E-state index contributed by atoms with van der Waals surface area (Å²) in [4.78, 5) is 0. The Bertz CT molecular complexity index is 330. The highest BCUT2D eigenvalue weighted by molar-refractivity contribution is 5.13. The zero-order valence-electron chi connectivity index (χ0n) is 9.05. The first kappa shape index (κ1) is 10.9. The normalized spacial score (nSPS) is 11.9. The Morgan fingerprint density at radius 2 is 2.29 bits per heavy atom. The number of nitrogens with one attached hydrogen (secondary N) is 1. The van der Waals surface area contributed by atoms with E-state index in [1.54, 1.807) is 0 Å². The van der Waals surface area contributed by atoms with Crippen molar-refractivity contribution >= 4 is 0 Å². The third-order valence-electron chi connectivity index (χ3n) is 2.21. The summed E-state index contributed by atoms with van der Waals surface area (Å²) in [5.41, 5.74) is 0. The Labute approximate surface area is 85.7 Å². The first-order valence-electron chi connectivity index (χ1n) is 4.97. The van der Waals surface area contributed by atoms with Crippen molar-refractivity contribution in [1.29, 1.82) is 0 Å². The summed E-state index contributed by atoms with van der Waals surface area (Å²) >= 11 is 0. The van der Waals surface area contributed by atoms with Gasteiger partial charge in [-0.25, -0.2) is 0 Å². The molecule has 2 heteroatoms. The van der Waals surface area contributed by atoms with Gasteiger partial charge in [0.2, 0.25) is 0 Å². The zero-order chi connectivity index (χ0) is 10.4. The molecule has 14 heavy (non-hydrogen) atoms. The van der Waals surface area contributed by atoms with Crippen molar-refractivity contribution in [3.8, 4) is 11.8 Å². The van der Waals surface area contributed by atoms with Crippen LogP contribution in [0.3, 0.4) is 0 Å². The second-order valence-electron chi connectivity index (χ2n) is 3.13. The topological polar surface area (TPSA) is 25.2 Å². The maximum Gasteiger partial charge on any atom is 0.122 e. The van der Waals surface area contributed by atoms with Crippen LogP contribution in [0, 0.1) is 11.8 Å². The lowest BCUT2D eigenvalue weighted by Gasteiger charge is -2.09. The summed E-state index contributed by atoms with van der Waals surface area (Å²) in [5.74, 6) is 7.95. The Kier molecular flexibility index (Phi) is 4.28. The van der Waals surface area contributed by atoms with Gasteiger partial charge in [0, 0.05) is 12.8 Å². The summed E-state index contributed by atoms with van der Waals surface area (Å²) in [6.45, 7) is 3.94. The molecule has 0 aliphatic carbocycles. The van der Waals surface area contributed by atoms with Crippen molar-refractivity contribution in [2.75, 3.05) is 7.05 Å². The fraction of sp³-hybridized carbons (Fsp3) is 0.500. The van der Waals surface area contributed by atoms with Crippen LogP contribution in [0.2, 0.25) is 0 Å². The van der Waals surface area contributed by atoms with Gasteiger partial charge in [0.1, 0.15) is 11.5 Å². The van der Waals surface area contributed by atoms with E-state index < -0.39 is 0 Å². The summed E-state index contributed by atoms with van der Waals surface area (Å²) in [6, 6.07) is 4.26. The van der Waals surface area contributed by atoms with Crippen LogP contribution in [-0.2, 0) is 6.42 Å². The van der Waals surface area contributed by atoms with Gasteiger partial charge in [-0.05, 0) is 26.1 Å². The molecule has 0 saturated carbocycles. The van der Waals surface area contributed by atoms with Crippen LogP contribution in [0.15, 0.2) is 16.5 Å². The average molecular weight is 191 g/mol. The highest BCUT2D eigenvalue weighted by Crippen LogP contribution is 2.19. The molecule has 1 unspecified atom stereocenters. The van der Waals surface area contributed by atoms with E-state index in [0.29, 0.717) is 0 Å². The van der Waals surface area contributed by atoms with Gasteiger partial charge in [-0.1, -0.05) is 6.92 Å². The molecule has 1 heterocycles. The van der Waals surface area contributed by atoms with Crippen LogP contribution in [0.4, 0.5) is 0 Å². The summed E-state index contributed by atoms with van der Waals surface area (Å²) in [6.07, 6.45) is 1.74. The number of rotatable bonds is 4. The average Bonchev–Trinajstić information content (AvgIpc) is 2.68. The van der Waals surface area contributed by atoms with Crippen molar-refractivity contribution < 1.29 is 4.42 Å². The third-order valence-corrected chi connectivity index (χ3v) is 2.21. The molecule has 1 N–H and O–H groups in total. The molecule has 0 spiro atoms. The van der Waals surface area contributed by atoms with Gasteiger partial charge < -0.3 is 9.73 Å². The third kappa shape index (κ3) is 2.65.